The smallest absolute Gasteiger partial charge is 0.343 e. The van der Waals surface area contributed by atoms with Crippen molar-refractivity contribution in [3.8, 4) is 11.5 Å². The third kappa shape index (κ3) is 4.85. The molecule has 3 heteroatoms. The molecule has 0 aliphatic carbocycles. The highest BCUT2D eigenvalue weighted by atomic mass is 16.5. The van der Waals surface area contributed by atoms with Crippen LogP contribution >= 0.6 is 0 Å². The van der Waals surface area contributed by atoms with Crippen LogP contribution in [0.25, 0.3) is 5.76 Å². The average molecular weight is 358 g/mol. The lowest BCUT2D eigenvalue weighted by molar-refractivity contribution is 0.0734. The average Bonchev–Trinajstić information content (AvgIpc) is 2.62. The van der Waals surface area contributed by atoms with Crippen LogP contribution in [0.15, 0.2) is 73.3 Å². The van der Waals surface area contributed by atoms with Crippen LogP contribution in [0, 0.1) is 20.8 Å². The van der Waals surface area contributed by atoms with Gasteiger partial charge in [0.05, 0.1) is 5.56 Å². The molecule has 0 radical (unpaired) electrons. The summed E-state index contributed by atoms with van der Waals surface area (Å²) in [5, 5.41) is 0. The first-order chi connectivity index (χ1) is 12.9. The lowest BCUT2D eigenvalue weighted by Gasteiger charge is -2.12. The van der Waals surface area contributed by atoms with Crippen molar-refractivity contribution in [2.45, 2.75) is 20.8 Å². The van der Waals surface area contributed by atoms with Crippen molar-refractivity contribution in [2.24, 2.45) is 0 Å². The van der Waals surface area contributed by atoms with Crippen molar-refractivity contribution >= 4 is 11.7 Å². The van der Waals surface area contributed by atoms with Crippen LogP contribution in [0.4, 0.5) is 0 Å². The van der Waals surface area contributed by atoms with Crippen molar-refractivity contribution in [1.82, 2.24) is 0 Å². The minimum absolute atomic E-state index is 0.399. The molecule has 0 atom stereocenters. The maximum absolute atomic E-state index is 12.3. The summed E-state index contributed by atoms with van der Waals surface area (Å²) in [4.78, 5) is 12.3. The van der Waals surface area contributed by atoms with E-state index in [-0.39, 0.29) is 0 Å². The zero-order valence-electron chi connectivity index (χ0n) is 15.8. The van der Waals surface area contributed by atoms with Gasteiger partial charge >= 0.3 is 5.97 Å². The van der Waals surface area contributed by atoms with Crippen LogP contribution in [-0.4, -0.2) is 5.97 Å². The Morgan fingerprint density at radius 1 is 0.667 bits per heavy atom. The molecule has 3 rings (SSSR count). The Bertz CT molecular complexity index is 890. The summed E-state index contributed by atoms with van der Waals surface area (Å²) in [6, 6.07) is 20.6. The van der Waals surface area contributed by atoms with Gasteiger partial charge in [-0.15, -0.1) is 0 Å². The predicted molar refractivity (Wildman–Crippen MR) is 108 cm³/mol. The molecular formula is C24H22O3. The topological polar surface area (TPSA) is 35.5 Å². The second kappa shape index (κ2) is 7.92. The molecule has 3 aromatic carbocycles. The van der Waals surface area contributed by atoms with E-state index >= 15 is 0 Å². The Morgan fingerprint density at radius 2 is 1.15 bits per heavy atom. The molecule has 0 spiro atoms. The zero-order chi connectivity index (χ0) is 19.4. The number of aryl methyl sites for hydroxylation is 3. The number of hydrogen-bond acceptors (Lipinski definition) is 3. The fourth-order valence-electron chi connectivity index (χ4n) is 2.63. The predicted octanol–water partition coefficient (Wildman–Crippen LogP) is 5.88. The van der Waals surface area contributed by atoms with Crippen LogP contribution < -0.4 is 9.47 Å². The quantitative estimate of drug-likeness (QED) is 0.324. The van der Waals surface area contributed by atoms with E-state index in [2.05, 4.69) is 6.58 Å². The summed E-state index contributed by atoms with van der Waals surface area (Å²) in [6.07, 6.45) is 0. The summed E-state index contributed by atoms with van der Waals surface area (Å²) in [7, 11) is 0. The van der Waals surface area contributed by atoms with Gasteiger partial charge in [-0.25, -0.2) is 4.79 Å². The van der Waals surface area contributed by atoms with Gasteiger partial charge in [-0.1, -0.05) is 54.1 Å². The Morgan fingerprint density at radius 3 is 1.70 bits per heavy atom. The van der Waals surface area contributed by atoms with E-state index in [1.54, 1.807) is 24.3 Å². The third-order valence-electron chi connectivity index (χ3n) is 4.14. The third-order valence-corrected chi connectivity index (χ3v) is 4.14. The second-order valence-corrected chi connectivity index (χ2v) is 6.63. The Kier molecular flexibility index (Phi) is 5.41. The van der Waals surface area contributed by atoms with E-state index in [9.17, 15) is 4.79 Å². The van der Waals surface area contributed by atoms with Crippen molar-refractivity contribution in [3.05, 3.63) is 101 Å². The molecule has 0 heterocycles. The van der Waals surface area contributed by atoms with Gasteiger partial charge in [0.1, 0.15) is 17.3 Å². The Balaban J connectivity index is 1.75. The molecule has 0 amide bonds. The van der Waals surface area contributed by atoms with E-state index in [0.29, 0.717) is 22.8 Å². The Hall–Kier alpha value is -3.33. The summed E-state index contributed by atoms with van der Waals surface area (Å²) in [5.41, 5.74) is 4.60. The normalized spacial score (nSPS) is 10.3. The minimum Gasteiger partial charge on any atom is -0.457 e. The van der Waals surface area contributed by atoms with Crippen molar-refractivity contribution in [3.63, 3.8) is 0 Å². The number of hydrogen-bond donors (Lipinski definition) is 0. The van der Waals surface area contributed by atoms with Crippen LogP contribution in [0.2, 0.25) is 0 Å². The summed E-state index contributed by atoms with van der Waals surface area (Å²) in [6.45, 7) is 9.92. The molecule has 0 bridgehead atoms. The summed E-state index contributed by atoms with van der Waals surface area (Å²) in [5.74, 6) is 1.15. The molecule has 0 fully saturated rings. The first-order valence-corrected chi connectivity index (χ1v) is 8.75. The van der Waals surface area contributed by atoms with E-state index in [4.69, 9.17) is 9.47 Å². The highest BCUT2D eigenvalue weighted by Gasteiger charge is 2.11. The van der Waals surface area contributed by atoms with Gasteiger partial charge in [-0.3, -0.25) is 0 Å². The van der Waals surface area contributed by atoms with Crippen molar-refractivity contribution in [2.75, 3.05) is 0 Å². The number of rotatable bonds is 5. The minimum atomic E-state index is -0.399. The number of esters is 1. The lowest BCUT2D eigenvalue weighted by atomic mass is 10.1. The van der Waals surface area contributed by atoms with E-state index in [0.717, 1.165) is 16.7 Å². The van der Waals surface area contributed by atoms with E-state index in [1.165, 1.54) is 5.56 Å². The molecule has 3 nitrogen and oxygen atoms in total. The summed E-state index contributed by atoms with van der Waals surface area (Å²) < 4.78 is 11.4. The monoisotopic (exact) mass is 358 g/mol. The largest absolute Gasteiger partial charge is 0.457 e. The number of ether oxygens (including phenoxy) is 2. The van der Waals surface area contributed by atoms with Crippen LogP contribution in [0.5, 0.6) is 11.5 Å². The molecule has 0 aliphatic heterocycles. The van der Waals surface area contributed by atoms with Gasteiger partial charge in [-0.05, 0) is 50.6 Å². The van der Waals surface area contributed by atoms with Gasteiger partial charge in [0.15, 0.2) is 0 Å². The molecule has 0 saturated heterocycles. The highest BCUT2D eigenvalue weighted by molar-refractivity contribution is 5.91. The fourth-order valence-corrected chi connectivity index (χ4v) is 2.63. The molecule has 0 aliphatic rings. The molecule has 0 aromatic heterocycles. The first kappa shape index (κ1) is 18.5. The molecule has 0 N–H and O–H groups in total. The first-order valence-electron chi connectivity index (χ1n) is 8.75. The number of benzene rings is 3. The summed E-state index contributed by atoms with van der Waals surface area (Å²) >= 11 is 0. The molecule has 27 heavy (non-hydrogen) atoms. The van der Waals surface area contributed by atoms with Crippen molar-refractivity contribution < 1.29 is 14.3 Å². The van der Waals surface area contributed by atoms with Crippen LogP contribution in [0.3, 0.4) is 0 Å². The molecule has 0 unspecified atom stereocenters. The fraction of sp³-hybridized carbons (Fsp3) is 0.125. The maximum atomic E-state index is 12.3. The van der Waals surface area contributed by atoms with Gasteiger partial charge in [0.2, 0.25) is 0 Å². The highest BCUT2D eigenvalue weighted by Crippen LogP contribution is 2.27. The zero-order valence-corrected chi connectivity index (χ0v) is 15.8. The number of carbonyl (C=O) groups is 1. The maximum Gasteiger partial charge on any atom is 0.343 e. The van der Waals surface area contributed by atoms with Gasteiger partial charge in [0, 0.05) is 11.6 Å². The SMILES string of the molecule is C=C(Oc1cc(C)cc(OC(=O)c2ccc(C)cc2)c1)c1ccc(C)cc1. The van der Waals surface area contributed by atoms with Crippen molar-refractivity contribution in [1.29, 1.82) is 0 Å². The molecule has 3 aromatic rings. The second-order valence-electron chi connectivity index (χ2n) is 6.63. The van der Waals surface area contributed by atoms with E-state index < -0.39 is 5.97 Å². The van der Waals surface area contributed by atoms with Crippen LogP contribution in [-0.2, 0) is 0 Å². The van der Waals surface area contributed by atoms with E-state index in [1.807, 2.05) is 63.2 Å². The van der Waals surface area contributed by atoms with Gasteiger partial charge in [0.25, 0.3) is 0 Å². The molecule has 0 saturated carbocycles. The lowest BCUT2D eigenvalue weighted by Crippen LogP contribution is -2.08. The van der Waals surface area contributed by atoms with Crippen LogP contribution in [0.1, 0.15) is 32.6 Å². The Labute approximate surface area is 159 Å². The van der Waals surface area contributed by atoms with Gasteiger partial charge < -0.3 is 9.47 Å². The standard InChI is InChI=1S/C24H22O3/c1-16-5-9-20(10-6-16)19(4)26-22-13-18(3)14-23(15-22)27-24(25)21-11-7-17(2)8-12-21/h5-15H,4H2,1-3H3. The number of carbonyl (C=O) groups excluding carboxylic acids is 1. The molecule has 136 valence electrons. The molecular weight excluding hydrogens is 336 g/mol. The van der Waals surface area contributed by atoms with Gasteiger partial charge in [-0.2, -0.15) is 0 Å².